The number of carboxylic acids is 1. The van der Waals surface area contributed by atoms with Crippen LogP contribution in [0.25, 0.3) is 0 Å². The Morgan fingerprint density at radius 2 is 1.84 bits per heavy atom. The highest BCUT2D eigenvalue weighted by molar-refractivity contribution is 7.91. The van der Waals surface area contributed by atoms with Gasteiger partial charge < -0.3 is 9.84 Å². The SMILES string of the molecule is CCCCS(=O)(=O)CCOc1ccc(C(=O)O)cc1. The van der Waals surface area contributed by atoms with Crippen molar-refractivity contribution in [2.24, 2.45) is 0 Å². The Bertz CT molecular complexity index is 504. The van der Waals surface area contributed by atoms with E-state index < -0.39 is 15.8 Å². The van der Waals surface area contributed by atoms with Gasteiger partial charge in [-0.1, -0.05) is 13.3 Å². The predicted octanol–water partition coefficient (Wildman–Crippen LogP) is 1.98. The second-order valence-corrected chi connectivity index (χ2v) is 6.49. The quantitative estimate of drug-likeness (QED) is 0.790. The van der Waals surface area contributed by atoms with Crippen LogP contribution in [-0.2, 0) is 9.84 Å². The summed E-state index contributed by atoms with van der Waals surface area (Å²) in [6.07, 6.45) is 1.51. The van der Waals surface area contributed by atoms with Gasteiger partial charge in [-0.05, 0) is 30.7 Å². The number of rotatable bonds is 8. The number of hydrogen-bond acceptors (Lipinski definition) is 4. The van der Waals surface area contributed by atoms with E-state index in [1.807, 2.05) is 6.92 Å². The third kappa shape index (κ3) is 5.74. The molecule has 0 amide bonds. The Labute approximate surface area is 113 Å². The number of ether oxygens (including phenoxy) is 1. The van der Waals surface area contributed by atoms with Crippen molar-refractivity contribution in [1.29, 1.82) is 0 Å². The molecule has 1 aromatic carbocycles. The molecule has 106 valence electrons. The Balaban J connectivity index is 2.43. The molecule has 0 saturated heterocycles. The van der Waals surface area contributed by atoms with Gasteiger partial charge >= 0.3 is 5.97 Å². The van der Waals surface area contributed by atoms with Crippen LogP contribution in [0, 0.1) is 0 Å². The summed E-state index contributed by atoms with van der Waals surface area (Å²) in [6, 6.07) is 5.87. The molecule has 1 aromatic rings. The first-order valence-corrected chi connectivity index (χ1v) is 7.93. The molecule has 6 heteroatoms. The van der Waals surface area contributed by atoms with Crippen molar-refractivity contribution in [3.05, 3.63) is 29.8 Å². The standard InChI is InChI=1S/C13H18O5S/c1-2-3-9-19(16,17)10-8-18-12-6-4-11(5-7-12)13(14)15/h4-7H,2-3,8-10H2,1H3,(H,14,15). The van der Waals surface area contributed by atoms with E-state index in [1.54, 1.807) is 0 Å². The van der Waals surface area contributed by atoms with Gasteiger partial charge in [0.15, 0.2) is 9.84 Å². The molecule has 1 N–H and O–H groups in total. The molecule has 1 rings (SSSR count). The summed E-state index contributed by atoms with van der Waals surface area (Å²) in [7, 11) is -3.05. The summed E-state index contributed by atoms with van der Waals surface area (Å²) in [6.45, 7) is 2.02. The number of unbranched alkanes of at least 4 members (excludes halogenated alkanes) is 1. The third-order valence-corrected chi connectivity index (χ3v) is 4.27. The number of hydrogen-bond donors (Lipinski definition) is 1. The highest BCUT2D eigenvalue weighted by Gasteiger charge is 2.10. The van der Waals surface area contributed by atoms with Crippen LogP contribution >= 0.6 is 0 Å². The first-order valence-electron chi connectivity index (χ1n) is 6.11. The lowest BCUT2D eigenvalue weighted by Crippen LogP contribution is -2.17. The maximum Gasteiger partial charge on any atom is 0.335 e. The highest BCUT2D eigenvalue weighted by atomic mass is 32.2. The van der Waals surface area contributed by atoms with Gasteiger partial charge in [0.25, 0.3) is 0 Å². The van der Waals surface area contributed by atoms with Crippen LogP contribution in [0.5, 0.6) is 5.75 Å². The van der Waals surface area contributed by atoms with E-state index in [2.05, 4.69) is 0 Å². The molecule has 0 atom stereocenters. The van der Waals surface area contributed by atoms with Gasteiger partial charge in [-0.3, -0.25) is 0 Å². The van der Waals surface area contributed by atoms with E-state index in [1.165, 1.54) is 24.3 Å². The van der Waals surface area contributed by atoms with Crippen LogP contribution in [0.1, 0.15) is 30.1 Å². The minimum absolute atomic E-state index is 0.0202. The molecule has 0 unspecified atom stereocenters. The smallest absolute Gasteiger partial charge is 0.335 e. The Hall–Kier alpha value is -1.56. The number of carbonyl (C=O) groups is 1. The topological polar surface area (TPSA) is 80.7 Å². The minimum Gasteiger partial charge on any atom is -0.493 e. The molecule has 0 fully saturated rings. The van der Waals surface area contributed by atoms with Crippen LogP contribution in [-0.4, -0.2) is 37.6 Å². The summed E-state index contributed by atoms with van der Waals surface area (Å²) in [5.41, 5.74) is 0.169. The van der Waals surface area contributed by atoms with Crippen molar-refractivity contribution in [3.63, 3.8) is 0 Å². The molecule has 19 heavy (non-hydrogen) atoms. The summed E-state index contributed by atoms with van der Waals surface area (Å²) >= 11 is 0. The average molecular weight is 286 g/mol. The molecule has 0 aliphatic heterocycles. The zero-order valence-electron chi connectivity index (χ0n) is 10.8. The fourth-order valence-electron chi connectivity index (χ4n) is 1.45. The molecule has 0 aliphatic carbocycles. The zero-order valence-corrected chi connectivity index (χ0v) is 11.6. The molecule has 0 aliphatic rings. The number of carboxylic acid groups (broad SMARTS) is 1. The molecule has 0 bridgehead atoms. The van der Waals surface area contributed by atoms with Gasteiger partial charge in [0.1, 0.15) is 12.4 Å². The maximum absolute atomic E-state index is 11.6. The molecular formula is C13H18O5S. The van der Waals surface area contributed by atoms with Gasteiger partial charge in [0.2, 0.25) is 0 Å². The van der Waals surface area contributed by atoms with E-state index in [9.17, 15) is 13.2 Å². The van der Waals surface area contributed by atoms with Gasteiger partial charge in [0, 0.05) is 0 Å². The normalized spacial score (nSPS) is 11.2. The summed E-state index contributed by atoms with van der Waals surface area (Å²) in [5.74, 6) is -0.372. The molecular weight excluding hydrogens is 268 g/mol. The molecule has 0 heterocycles. The average Bonchev–Trinajstić information content (AvgIpc) is 2.37. The third-order valence-electron chi connectivity index (χ3n) is 2.57. The molecule has 0 spiro atoms. The Kier molecular flexibility index (Phi) is 5.82. The lowest BCUT2D eigenvalue weighted by Gasteiger charge is -2.07. The number of aromatic carboxylic acids is 1. The second-order valence-electron chi connectivity index (χ2n) is 4.18. The van der Waals surface area contributed by atoms with Crippen molar-refractivity contribution >= 4 is 15.8 Å². The van der Waals surface area contributed by atoms with Gasteiger partial charge in [-0.15, -0.1) is 0 Å². The van der Waals surface area contributed by atoms with E-state index in [0.717, 1.165) is 6.42 Å². The van der Waals surface area contributed by atoms with E-state index in [0.29, 0.717) is 12.2 Å². The van der Waals surface area contributed by atoms with E-state index in [4.69, 9.17) is 9.84 Å². The van der Waals surface area contributed by atoms with Gasteiger partial charge in [0.05, 0.1) is 17.1 Å². The van der Waals surface area contributed by atoms with Crippen LogP contribution < -0.4 is 4.74 Å². The first-order chi connectivity index (χ1) is 8.94. The monoisotopic (exact) mass is 286 g/mol. The molecule has 0 radical (unpaired) electrons. The minimum atomic E-state index is -3.05. The van der Waals surface area contributed by atoms with Crippen LogP contribution in [0.3, 0.4) is 0 Å². The lowest BCUT2D eigenvalue weighted by atomic mass is 10.2. The summed E-state index contributed by atoms with van der Waals surface area (Å²) < 4.78 is 28.4. The van der Waals surface area contributed by atoms with Crippen molar-refractivity contribution in [3.8, 4) is 5.75 Å². The van der Waals surface area contributed by atoms with Crippen molar-refractivity contribution in [1.82, 2.24) is 0 Å². The Morgan fingerprint density at radius 1 is 1.21 bits per heavy atom. The van der Waals surface area contributed by atoms with Crippen LogP contribution in [0.2, 0.25) is 0 Å². The summed E-state index contributed by atoms with van der Waals surface area (Å²) in [5, 5.41) is 8.72. The lowest BCUT2D eigenvalue weighted by molar-refractivity contribution is 0.0697. The summed E-state index contributed by atoms with van der Waals surface area (Å²) in [4.78, 5) is 10.6. The molecule has 0 aromatic heterocycles. The largest absolute Gasteiger partial charge is 0.493 e. The van der Waals surface area contributed by atoms with E-state index >= 15 is 0 Å². The van der Waals surface area contributed by atoms with Crippen LogP contribution in [0.15, 0.2) is 24.3 Å². The Morgan fingerprint density at radius 3 is 2.37 bits per heavy atom. The number of benzene rings is 1. The highest BCUT2D eigenvalue weighted by Crippen LogP contribution is 2.12. The zero-order chi connectivity index (χ0) is 14.3. The van der Waals surface area contributed by atoms with Gasteiger partial charge in [-0.25, -0.2) is 13.2 Å². The fourth-order valence-corrected chi connectivity index (χ4v) is 2.72. The predicted molar refractivity (Wildman–Crippen MR) is 72.5 cm³/mol. The van der Waals surface area contributed by atoms with Crippen molar-refractivity contribution in [2.45, 2.75) is 19.8 Å². The maximum atomic E-state index is 11.6. The van der Waals surface area contributed by atoms with Crippen molar-refractivity contribution in [2.75, 3.05) is 18.1 Å². The van der Waals surface area contributed by atoms with Crippen molar-refractivity contribution < 1.29 is 23.1 Å². The number of sulfone groups is 1. The molecule has 5 nitrogen and oxygen atoms in total. The van der Waals surface area contributed by atoms with E-state index in [-0.39, 0.29) is 23.7 Å². The second kappa shape index (κ2) is 7.13. The fraction of sp³-hybridized carbons (Fsp3) is 0.462. The molecule has 0 saturated carbocycles. The first kappa shape index (κ1) is 15.5. The van der Waals surface area contributed by atoms with Crippen LogP contribution in [0.4, 0.5) is 0 Å². The van der Waals surface area contributed by atoms with Gasteiger partial charge in [-0.2, -0.15) is 0 Å².